The molecule has 2 aromatic rings. The van der Waals surface area contributed by atoms with Crippen LogP contribution >= 0.6 is 0 Å². The molecule has 0 atom stereocenters. The van der Waals surface area contributed by atoms with Crippen LogP contribution in [0.2, 0.25) is 0 Å². The fraction of sp³-hybridized carbons (Fsp3) is 0.276. The number of hydrogen-bond acceptors (Lipinski definition) is 0. The van der Waals surface area contributed by atoms with E-state index in [1.54, 1.807) is 24.2 Å². The molecule has 3 heteroatoms. The minimum absolute atomic E-state index is 0. The van der Waals surface area contributed by atoms with E-state index in [2.05, 4.69) is 96.3 Å². The van der Waals surface area contributed by atoms with Crippen molar-refractivity contribution in [3.63, 3.8) is 0 Å². The van der Waals surface area contributed by atoms with Gasteiger partial charge in [-0.1, -0.05) is 68.2 Å². The second kappa shape index (κ2) is 14.1. The average molecular weight is 543 g/mol. The summed E-state index contributed by atoms with van der Waals surface area (Å²) in [5, 5.41) is 0. The Morgan fingerprint density at radius 1 is 1.00 bits per heavy atom. The fourth-order valence-electron chi connectivity index (χ4n) is 3.28. The van der Waals surface area contributed by atoms with E-state index in [-0.39, 0.29) is 24.8 Å². The van der Waals surface area contributed by atoms with Gasteiger partial charge >= 0.3 is 41.3 Å². The fourth-order valence-corrected chi connectivity index (χ4v) is 3.28. The summed E-state index contributed by atoms with van der Waals surface area (Å²) in [5.74, 6) is 0. The topological polar surface area (TPSA) is 0 Å². The predicted octanol–water partition coefficient (Wildman–Crippen LogP) is 1.82. The van der Waals surface area contributed by atoms with Crippen LogP contribution in [0.4, 0.5) is 0 Å². The van der Waals surface area contributed by atoms with Gasteiger partial charge in [-0.25, -0.2) is 6.08 Å². The average Bonchev–Trinajstić information content (AvgIpc) is 3.35. The molecule has 0 unspecified atom stereocenters. The second-order valence-electron chi connectivity index (χ2n) is 8.79. The number of benzene rings is 2. The molecule has 0 saturated heterocycles. The van der Waals surface area contributed by atoms with Gasteiger partial charge in [0.25, 0.3) is 0 Å². The molecule has 0 radical (unpaired) electrons. The first kappa shape index (κ1) is 30.7. The molecule has 4 rings (SSSR count). The molecule has 0 spiro atoms. The summed E-state index contributed by atoms with van der Waals surface area (Å²) < 4.78 is 1.51. The van der Waals surface area contributed by atoms with Crippen LogP contribution < -0.4 is 24.8 Å². The van der Waals surface area contributed by atoms with E-state index >= 15 is 0 Å². The van der Waals surface area contributed by atoms with Crippen molar-refractivity contribution in [2.75, 3.05) is 0 Å². The number of rotatable bonds is 2. The Morgan fingerprint density at radius 2 is 1.59 bits per heavy atom. The van der Waals surface area contributed by atoms with Crippen LogP contribution in [0.5, 0.6) is 0 Å². The van der Waals surface area contributed by atoms with Crippen molar-refractivity contribution in [1.29, 1.82) is 0 Å². The Balaban J connectivity index is 0.000000547. The summed E-state index contributed by atoms with van der Waals surface area (Å²) in [5.41, 5.74) is 9.31. The van der Waals surface area contributed by atoms with E-state index in [0.717, 1.165) is 18.4 Å². The number of hydrogen-bond donors (Lipinski definition) is 0. The molecule has 0 amide bonds. The van der Waals surface area contributed by atoms with Crippen LogP contribution in [-0.2, 0) is 30.7 Å². The van der Waals surface area contributed by atoms with Crippen LogP contribution in [0.15, 0.2) is 61.2 Å². The quantitative estimate of drug-likeness (QED) is 0.434. The van der Waals surface area contributed by atoms with Crippen molar-refractivity contribution in [3.05, 3.63) is 95.6 Å². The molecule has 2 aromatic carbocycles. The first-order valence-corrected chi connectivity index (χ1v) is 11.6. The third-order valence-electron chi connectivity index (χ3n) is 4.88. The second-order valence-corrected chi connectivity index (χ2v) is 11.2. The van der Waals surface area contributed by atoms with Crippen molar-refractivity contribution >= 4 is 15.4 Å². The zero-order valence-electron chi connectivity index (χ0n) is 19.8. The Labute approximate surface area is 222 Å². The summed E-state index contributed by atoms with van der Waals surface area (Å²) in [6.07, 6.45) is 13.2. The third kappa shape index (κ3) is 8.93. The summed E-state index contributed by atoms with van der Waals surface area (Å²) >= 11 is 1.55. The van der Waals surface area contributed by atoms with Gasteiger partial charge in [0.1, 0.15) is 0 Å². The molecule has 0 N–H and O–H groups in total. The molecule has 0 nitrogen and oxygen atoms in total. The van der Waals surface area contributed by atoms with Crippen LogP contribution in [0.25, 0.3) is 23.3 Å². The number of halogens is 2. The first-order chi connectivity index (χ1) is 14.2. The summed E-state index contributed by atoms with van der Waals surface area (Å²) in [7, 11) is 0. The van der Waals surface area contributed by atoms with E-state index in [1.165, 1.54) is 36.6 Å². The maximum Gasteiger partial charge on any atom is -1.00 e. The normalized spacial score (nSPS) is 12.3. The monoisotopic (exact) mass is 540 g/mol. The summed E-state index contributed by atoms with van der Waals surface area (Å²) in [4.78, 5) is 0. The minimum Gasteiger partial charge on any atom is -1.00 e. The molecule has 0 heterocycles. The molecule has 0 aliphatic heterocycles. The molecular weight excluding hydrogens is 510 g/mol. The smallest absolute Gasteiger partial charge is 1.00 e. The molecule has 2 aliphatic carbocycles. The predicted molar refractivity (Wildman–Crippen MR) is 130 cm³/mol. The molecule has 0 saturated carbocycles. The Kier molecular flexibility index (Phi) is 13.5. The van der Waals surface area contributed by atoms with Crippen molar-refractivity contribution in [2.24, 2.45) is 5.41 Å². The molecule has 168 valence electrons. The van der Waals surface area contributed by atoms with Crippen molar-refractivity contribution in [1.82, 2.24) is 0 Å². The van der Waals surface area contributed by atoms with Gasteiger partial charge in [0.2, 0.25) is 0 Å². The molecular formula is C29H32Cl2Zr-2. The van der Waals surface area contributed by atoms with Crippen molar-refractivity contribution in [2.45, 2.75) is 47.5 Å². The van der Waals surface area contributed by atoms with Gasteiger partial charge in [0.15, 0.2) is 0 Å². The molecule has 2 aliphatic rings. The Bertz CT molecular complexity index is 945. The van der Waals surface area contributed by atoms with E-state index < -0.39 is 0 Å². The molecule has 32 heavy (non-hydrogen) atoms. The van der Waals surface area contributed by atoms with E-state index in [9.17, 15) is 0 Å². The minimum atomic E-state index is 0. The van der Waals surface area contributed by atoms with Gasteiger partial charge < -0.3 is 24.8 Å². The van der Waals surface area contributed by atoms with Crippen LogP contribution in [-0.4, -0.2) is 3.21 Å². The summed E-state index contributed by atoms with van der Waals surface area (Å²) in [6, 6.07) is 14.1. The maximum atomic E-state index is 3.82. The van der Waals surface area contributed by atoms with Gasteiger partial charge in [0.05, 0.1) is 0 Å². The van der Waals surface area contributed by atoms with Gasteiger partial charge in [-0.05, 0) is 12.0 Å². The van der Waals surface area contributed by atoms with Crippen LogP contribution in [0.1, 0.15) is 63.3 Å². The third-order valence-corrected chi connectivity index (χ3v) is 4.88. The van der Waals surface area contributed by atoms with Crippen molar-refractivity contribution < 1.29 is 49.0 Å². The Morgan fingerprint density at radius 3 is 2.06 bits per heavy atom. The standard InChI is InChI=1S/C17H13.C9H13.C3H6.2ClH.Zr/c1-3-12-5-7-14-11-15-8-6-13(4-2)10-17(15)16(14)9-12;1-9(2,3)8-6-4-5-7-8;1-3-2;;;/h3-7,9-10H,1-2,11H2;6-7H,4H2,1-3H3;1-2H3;2*1H;/q2*-1;;;;+2/p-2. The zero-order valence-corrected chi connectivity index (χ0v) is 23.8. The van der Waals surface area contributed by atoms with E-state index in [0.29, 0.717) is 5.41 Å². The van der Waals surface area contributed by atoms with E-state index in [1.807, 2.05) is 18.2 Å². The molecule has 0 aromatic heterocycles. The van der Waals surface area contributed by atoms with Gasteiger partial charge in [-0.3, -0.25) is 6.08 Å². The SMILES string of the molecule is C=Cc1c[c-]c2c(c1)-c1cc(C=C)ccc1C2.CC(C)(C)C1=CC[C-]=C1.C[C](C)=[Zr+2].[Cl-].[Cl-]. The zero-order chi connectivity index (χ0) is 22.3. The maximum absolute atomic E-state index is 3.82. The molecule has 0 bridgehead atoms. The van der Waals surface area contributed by atoms with E-state index in [4.69, 9.17) is 0 Å². The molecule has 0 fully saturated rings. The summed E-state index contributed by atoms with van der Waals surface area (Å²) in [6.45, 7) is 18.6. The van der Waals surface area contributed by atoms with Crippen LogP contribution in [0.3, 0.4) is 0 Å². The number of fused-ring (bicyclic) bond motifs is 3. The van der Waals surface area contributed by atoms with Gasteiger partial charge in [-0.15, -0.1) is 30.2 Å². The van der Waals surface area contributed by atoms with Gasteiger partial charge in [0, 0.05) is 0 Å². The Hall–Kier alpha value is -1.27. The van der Waals surface area contributed by atoms with Crippen LogP contribution in [0, 0.1) is 17.6 Å². The largest absolute Gasteiger partial charge is 1.00 e. The number of allylic oxidation sites excluding steroid dienone is 4. The first-order valence-electron chi connectivity index (χ1n) is 10.4. The van der Waals surface area contributed by atoms with Crippen molar-refractivity contribution in [3.8, 4) is 11.1 Å². The van der Waals surface area contributed by atoms with Gasteiger partial charge in [-0.2, -0.15) is 35.4 Å².